The molecule has 0 spiro atoms. The lowest BCUT2D eigenvalue weighted by atomic mass is 10.1. The van der Waals surface area contributed by atoms with E-state index in [1.807, 2.05) is 22.6 Å². The Morgan fingerprint density at radius 3 is 2.96 bits per heavy atom. The molecule has 0 radical (unpaired) electrons. The zero-order valence-corrected chi connectivity index (χ0v) is 16.7. The number of ether oxygens (including phenoxy) is 1. The van der Waals surface area contributed by atoms with E-state index >= 15 is 0 Å². The van der Waals surface area contributed by atoms with Crippen molar-refractivity contribution in [3.63, 3.8) is 0 Å². The molecule has 1 amide bonds. The molecular weight excluding hydrogens is 463 g/mol. The van der Waals surface area contributed by atoms with Gasteiger partial charge >= 0.3 is 0 Å². The lowest BCUT2D eigenvalue weighted by molar-refractivity contribution is -0.201. The van der Waals surface area contributed by atoms with Crippen molar-refractivity contribution in [3.05, 3.63) is 32.3 Å². The van der Waals surface area contributed by atoms with Gasteiger partial charge in [0.2, 0.25) is 0 Å². The minimum Gasteiger partial charge on any atom is -0.350 e. The minimum absolute atomic E-state index is 0.00265. The van der Waals surface area contributed by atoms with Crippen molar-refractivity contribution in [1.29, 1.82) is 0 Å². The summed E-state index contributed by atoms with van der Waals surface area (Å²) in [5.74, 6) is -0.721. The summed E-state index contributed by atoms with van der Waals surface area (Å²) in [6.45, 7) is 2.05. The van der Waals surface area contributed by atoms with Crippen molar-refractivity contribution in [2.75, 3.05) is 6.61 Å². The summed E-state index contributed by atoms with van der Waals surface area (Å²) < 4.78 is 27.3. The highest BCUT2D eigenvalue weighted by molar-refractivity contribution is 14.1. The van der Waals surface area contributed by atoms with Crippen LogP contribution >= 0.6 is 22.6 Å². The largest absolute Gasteiger partial charge is 0.350 e. The molecule has 3 unspecified atom stereocenters. The first kappa shape index (κ1) is 20.5. The number of rotatable bonds is 7. The van der Waals surface area contributed by atoms with E-state index in [4.69, 9.17) is 9.57 Å². The molecule has 3 atom stereocenters. The van der Waals surface area contributed by atoms with Gasteiger partial charge in [-0.2, -0.15) is 0 Å². The van der Waals surface area contributed by atoms with Crippen LogP contribution in [0.4, 0.5) is 0 Å². The van der Waals surface area contributed by atoms with Gasteiger partial charge in [-0.1, -0.05) is 0 Å². The van der Waals surface area contributed by atoms with E-state index < -0.39 is 28.0 Å². The second kappa shape index (κ2) is 9.21. The van der Waals surface area contributed by atoms with Gasteiger partial charge in [0.25, 0.3) is 11.5 Å². The van der Waals surface area contributed by atoms with E-state index in [1.54, 1.807) is 12.3 Å². The van der Waals surface area contributed by atoms with Crippen LogP contribution < -0.4 is 11.0 Å². The maximum absolute atomic E-state index is 12.4. The van der Waals surface area contributed by atoms with Crippen LogP contribution in [0.15, 0.2) is 23.1 Å². The average molecular weight is 484 g/mol. The van der Waals surface area contributed by atoms with Crippen molar-refractivity contribution < 1.29 is 23.1 Å². The third-order valence-corrected chi connectivity index (χ3v) is 5.91. The predicted molar refractivity (Wildman–Crippen MR) is 100 cm³/mol. The van der Waals surface area contributed by atoms with Crippen molar-refractivity contribution in [1.82, 2.24) is 10.0 Å². The molecule has 0 bridgehead atoms. The number of aromatic nitrogens is 1. The van der Waals surface area contributed by atoms with Crippen LogP contribution in [0.3, 0.4) is 0 Å². The molecule has 2 N–H and O–H groups in total. The number of nitrogens with one attached hydrogen (secondary N) is 1. The number of hydrogen-bond acceptors (Lipinski definition) is 5. The molecule has 10 heteroatoms. The van der Waals surface area contributed by atoms with Gasteiger partial charge in [-0.25, -0.2) is 14.5 Å². The first-order chi connectivity index (χ1) is 11.8. The number of carbonyl (C=O) groups excluding carboxylic acids is 1. The Balaban J connectivity index is 1.99. The SMILES string of the molecule is CC(CCn1ccc(I)cc1=O)(C(=O)NOC1CCCCO1)S(=O)O. The number of hydroxylamine groups is 1. The van der Waals surface area contributed by atoms with Gasteiger partial charge in [-0.05, 0) is 54.8 Å². The first-order valence-electron chi connectivity index (χ1n) is 7.87. The van der Waals surface area contributed by atoms with Crippen molar-refractivity contribution in [2.45, 2.75) is 50.2 Å². The fourth-order valence-corrected chi connectivity index (χ4v) is 3.21. The van der Waals surface area contributed by atoms with Gasteiger partial charge in [0.1, 0.15) is 0 Å². The van der Waals surface area contributed by atoms with Gasteiger partial charge in [0.05, 0.1) is 0 Å². The van der Waals surface area contributed by atoms with Crippen LogP contribution in [-0.4, -0.2) is 36.9 Å². The highest BCUT2D eigenvalue weighted by Crippen LogP contribution is 2.20. The molecule has 2 heterocycles. The highest BCUT2D eigenvalue weighted by Gasteiger charge is 2.40. The summed E-state index contributed by atoms with van der Waals surface area (Å²) in [6.07, 6.45) is 3.56. The van der Waals surface area contributed by atoms with Crippen molar-refractivity contribution >= 4 is 39.6 Å². The van der Waals surface area contributed by atoms with Crippen LogP contribution in [-0.2, 0) is 32.0 Å². The Kier molecular flexibility index (Phi) is 7.55. The topological polar surface area (TPSA) is 107 Å². The Morgan fingerprint density at radius 1 is 1.60 bits per heavy atom. The maximum Gasteiger partial charge on any atom is 0.264 e. The predicted octanol–water partition coefficient (Wildman–Crippen LogP) is 1.40. The first-order valence-corrected chi connectivity index (χ1v) is 10.1. The molecule has 1 aliphatic rings. The zero-order chi connectivity index (χ0) is 18.4. The lowest BCUT2D eigenvalue weighted by Gasteiger charge is -2.27. The zero-order valence-electron chi connectivity index (χ0n) is 13.8. The second-order valence-corrected chi connectivity index (χ2v) is 8.60. The van der Waals surface area contributed by atoms with E-state index in [1.165, 1.54) is 17.6 Å². The number of carbonyl (C=O) groups is 1. The van der Waals surface area contributed by atoms with Crippen LogP contribution in [0.5, 0.6) is 0 Å². The Hall–Kier alpha value is -0.820. The standard InChI is InChI=1S/C15H21IN2O6S/c1-15(25(21)22,6-8-18-7-5-11(16)10-12(18)19)14(20)17-24-13-4-2-3-9-23-13/h5,7,10,13H,2-4,6,8-9H2,1H3,(H,17,20)(H,21,22). The number of nitrogens with zero attached hydrogens (tertiary/aromatic N) is 1. The molecule has 0 aliphatic carbocycles. The summed E-state index contributed by atoms with van der Waals surface area (Å²) in [5.41, 5.74) is 2.00. The lowest BCUT2D eigenvalue weighted by Crippen LogP contribution is -2.49. The molecule has 0 saturated carbocycles. The van der Waals surface area contributed by atoms with Gasteiger partial charge in [-0.3, -0.25) is 9.59 Å². The molecule has 1 aromatic heterocycles. The molecule has 25 heavy (non-hydrogen) atoms. The number of pyridine rings is 1. The van der Waals surface area contributed by atoms with E-state index in [0.29, 0.717) is 13.0 Å². The number of halogens is 1. The summed E-state index contributed by atoms with van der Waals surface area (Å²) in [6, 6.07) is 3.20. The summed E-state index contributed by atoms with van der Waals surface area (Å²) in [7, 11) is 0. The minimum atomic E-state index is -2.44. The molecule has 8 nitrogen and oxygen atoms in total. The Bertz CT molecular complexity index is 691. The number of amides is 1. The number of aryl methyl sites for hydroxylation is 1. The van der Waals surface area contributed by atoms with Crippen molar-refractivity contribution in [3.8, 4) is 0 Å². The summed E-state index contributed by atoms with van der Waals surface area (Å²) in [4.78, 5) is 29.5. The summed E-state index contributed by atoms with van der Waals surface area (Å²) >= 11 is -0.414. The van der Waals surface area contributed by atoms with Crippen molar-refractivity contribution in [2.24, 2.45) is 0 Å². The van der Waals surface area contributed by atoms with E-state index in [9.17, 15) is 18.4 Å². The quantitative estimate of drug-likeness (QED) is 0.344. The van der Waals surface area contributed by atoms with E-state index in [0.717, 1.165) is 16.4 Å². The molecule has 1 aliphatic heterocycles. The highest BCUT2D eigenvalue weighted by atomic mass is 127. The van der Waals surface area contributed by atoms with Gasteiger partial charge in [0.15, 0.2) is 22.1 Å². The smallest absolute Gasteiger partial charge is 0.264 e. The van der Waals surface area contributed by atoms with E-state index in [2.05, 4.69) is 5.48 Å². The molecular formula is C15H21IN2O6S. The van der Waals surface area contributed by atoms with E-state index in [-0.39, 0.29) is 18.5 Å². The average Bonchev–Trinajstić information content (AvgIpc) is 2.59. The Labute approximate surface area is 161 Å². The number of hydrogen-bond donors (Lipinski definition) is 2. The molecule has 1 fully saturated rings. The van der Waals surface area contributed by atoms with Crippen LogP contribution in [0.25, 0.3) is 0 Å². The van der Waals surface area contributed by atoms with Gasteiger partial charge in [-0.15, -0.1) is 0 Å². The van der Waals surface area contributed by atoms with Crippen LogP contribution in [0, 0.1) is 3.57 Å². The molecule has 140 valence electrons. The Morgan fingerprint density at radius 2 is 2.36 bits per heavy atom. The fourth-order valence-electron chi connectivity index (χ4n) is 2.31. The second-order valence-electron chi connectivity index (χ2n) is 5.95. The summed E-state index contributed by atoms with van der Waals surface area (Å²) in [5, 5.41) is 0. The van der Waals surface area contributed by atoms with Gasteiger partial charge in [0, 0.05) is 35.4 Å². The fraction of sp³-hybridized carbons (Fsp3) is 0.600. The monoisotopic (exact) mass is 484 g/mol. The third-order valence-electron chi connectivity index (χ3n) is 4.07. The molecule has 1 saturated heterocycles. The molecule has 0 aromatic carbocycles. The van der Waals surface area contributed by atoms with Gasteiger partial charge < -0.3 is 13.9 Å². The maximum atomic E-state index is 12.4. The van der Waals surface area contributed by atoms with Crippen LogP contribution in [0.2, 0.25) is 0 Å². The molecule has 1 aromatic rings. The molecule has 2 rings (SSSR count). The third kappa shape index (κ3) is 5.58. The van der Waals surface area contributed by atoms with Crippen LogP contribution in [0.1, 0.15) is 32.6 Å². The normalized spacial score (nSPS) is 21.3.